The fourth-order valence-corrected chi connectivity index (χ4v) is 4.18. The van der Waals surface area contributed by atoms with Gasteiger partial charge < -0.3 is 0 Å². The first kappa shape index (κ1) is 10.2. The lowest BCUT2D eigenvalue weighted by Gasteiger charge is -2.44. The predicted octanol–water partition coefficient (Wildman–Crippen LogP) is 2.67. The van der Waals surface area contributed by atoms with Crippen molar-refractivity contribution in [3.8, 4) is 0 Å². The van der Waals surface area contributed by atoms with Gasteiger partial charge in [0.15, 0.2) is 0 Å². The smallest absolute Gasteiger partial charge is 0.143 e. The van der Waals surface area contributed by atoms with Gasteiger partial charge in [-0.2, -0.15) is 0 Å². The lowest BCUT2D eigenvalue weighted by molar-refractivity contribution is -0.144. The summed E-state index contributed by atoms with van der Waals surface area (Å²) in [6, 6.07) is 0. The Morgan fingerprint density at radius 1 is 1.31 bits per heavy atom. The molecule has 2 bridgehead atoms. The van der Waals surface area contributed by atoms with Crippen molar-refractivity contribution in [1.82, 2.24) is 0 Å². The third-order valence-electron chi connectivity index (χ3n) is 5.32. The van der Waals surface area contributed by atoms with E-state index in [9.17, 15) is 9.59 Å². The number of fused-ring (bicyclic) bond motifs is 1. The standard InChI is InChI=1S/C14H18O2/c1-9-7-14-8-13(9,2)12(16)6-10(14)4-3-5-11(14)15/h10H,1,3-8H2,2H3/t10?,13-,14+/m1/s1. The number of ketones is 2. The van der Waals surface area contributed by atoms with Gasteiger partial charge in [-0.05, 0) is 38.5 Å². The van der Waals surface area contributed by atoms with Crippen LogP contribution in [-0.2, 0) is 9.59 Å². The molecule has 3 aliphatic carbocycles. The third-order valence-corrected chi connectivity index (χ3v) is 5.32. The fraction of sp³-hybridized carbons (Fsp3) is 0.714. The van der Waals surface area contributed by atoms with Crippen molar-refractivity contribution >= 4 is 11.6 Å². The molecule has 0 radical (unpaired) electrons. The van der Waals surface area contributed by atoms with Gasteiger partial charge in [-0.25, -0.2) is 0 Å². The van der Waals surface area contributed by atoms with Crippen molar-refractivity contribution in [2.24, 2.45) is 16.7 Å². The largest absolute Gasteiger partial charge is 0.299 e. The zero-order valence-electron chi connectivity index (χ0n) is 9.84. The number of rotatable bonds is 0. The summed E-state index contributed by atoms with van der Waals surface area (Å²) in [5.41, 5.74) is 0.428. The van der Waals surface area contributed by atoms with Crippen molar-refractivity contribution < 1.29 is 9.59 Å². The highest BCUT2D eigenvalue weighted by molar-refractivity contribution is 5.96. The maximum Gasteiger partial charge on any atom is 0.143 e. The molecule has 86 valence electrons. The zero-order chi connectivity index (χ0) is 11.6. The first-order chi connectivity index (χ1) is 7.49. The molecule has 0 aromatic rings. The molecule has 2 nitrogen and oxygen atoms in total. The number of allylic oxidation sites excluding steroid dienone is 1. The normalized spacial score (nSPS) is 47.1. The second kappa shape index (κ2) is 2.85. The minimum Gasteiger partial charge on any atom is -0.299 e. The van der Waals surface area contributed by atoms with E-state index in [1.54, 1.807) is 0 Å². The molecule has 3 fully saturated rings. The average molecular weight is 218 g/mol. The van der Waals surface area contributed by atoms with Gasteiger partial charge >= 0.3 is 0 Å². The van der Waals surface area contributed by atoms with Crippen molar-refractivity contribution in [2.75, 3.05) is 0 Å². The maximum atomic E-state index is 12.3. The molecule has 0 heterocycles. The molecule has 1 unspecified atom stereocenters. The van der Waals surface area contributed by atoms with Gasteiger partial charge in [0.2, 0.25) is 0 Å². The number of carbonyl (C=O) groups excluding carboxylic acids is 2. The topological polar surface area (TPSA) is 34.1 Å². The van der Waals surface area contributed by atoms with Gasteiger partial charge in [-0.3, -0.25) is 9.59 Å². The molecule has 0 saturated heterocycles. The number of carbonyl (C=O) groups is 2. The molecule has 2 heteroatoms. The molecule has 3 aliphatic rings. The highest BCUT2D eigenvalue weighted by Gasteiger charge is 2.62. The lowest BCUT2D eigenvalue weighted by Crippen LogP contribution is -2.47. The SMILES string of the molecule is C=C1C[C@]23C[C@@]1(C)C(=O)CC2CCCC3=O. The summed E-state index contributed by atoms with van der Waals surface area (Å²) in [5.74, 6) is 1.04. The van der Waals surface area contributed by atoms with Gasteiger partial charge in [0, 0.05) is 23.7 Å². The van der Waals surface area contributed by atoms with Crippen molar-refractivity contribution in [1.29, 1.82) is 0 Å². The Labute approximate surface area is 96.1 Å². The van der Waals surface area contributed by atoms with Gasteiger partial charge in [-0.15, -0.1) is 0 Å². The number of hydrogen-bond acceptors (Lipinski definition) is 2. The summed E-state index contributed by atoms with van der Waals surface area (Å²) >= 11 is 0. The molecular weight excluding hydrogens is 200 g/mol. The summed E-state index contributed by atoms with van der Waals surface area (Å²) in [7, 11) is 0. The monoisotopic (exact) mass is 218 g/mol. The fourth-order valence-electron chi connectivity index (χ4n) is 4.18. The third kappa shape index (κ3) is 0.982. The Hall–Kier alpha value is -0.920. The van der Waals surface area contributed by atoms with E-state index in [1.165, 1.54) is 0 Å². The van der Waals surface area contributed by atoms with E-state index in [4.69, 9.17) is 0 Å². The first-order valence-electron chi connectivity index (χ1n) is 6.24. The van der Waals surface area contributed by atoms with Crippen LogP contribution in [0.25, 0.3) is 0 Å². The second-order valence-corrected chi connectivity index (χ2v) is 6.08. The molecule has 16 heavy (non-hydrogen) atoms. The minimum atomic E-state index is -0.385. The molecule has 0 amide bonds. The Balaban J connectivity index is 2.10. The van der Waals surface area contributed by atoms with Crippen LogP contribution in [0.15, 0.2) is 12.2 Å². The lowest BCUT2D eigenvalue weighted by atomic mass is 9.57. The molecule has 1 spiro atoms. The van der Waals surface area contributed by atoms with E-state index in [-0.39, 0.29) is 10.8 Å². The molecule has 3 rings (SSSR count). The summed E-state index contributed by atoms with van der Waals surface area (Å²) in [4.78, 5) is 24.4. The zero-order valence-corrected chi connectivity index (χ0v) is 9.84. The van der Waals surface area contributed by atoms with E-state index in [0.717, 1.165) is 31.3 Å². The second-order valence-electron chi connectivity index (χ2n) is 6.08. The molecule has 3 atom stereocenters. The molecule has 0 aromatic heterocycles. The van der Waals surface area contributed by atoms with Crippen LogP contribution in [0.3, 0.4) is 0 Å². The Kier molecular flexibility index (Phi) is 1.82. The maximum absolute atomic E-state index is 12.3. The van der Waals surface area contributed by atoms with Crippen LogP contribution in [-0.4, -0.2) is 11.6 Å². The highest BCUT2D eigenvalue weighted by atomic mass is 16.1. The first-order valence-corrected chi connectivity index (χ1v) is 6.24. The van der Waals surface area contributed by atoms with E-state index in [0.29, 0.717) is 30.3 Å². The van der Waals surface area contributed by atoms with E-state index >= 15 is 0 Å². The van der Waals surface area contributed by atoms with Crippen LogP contribution in [0.1, 0.15) is 45.4 Å². The Morgan fingerprint density at radius 3 is 2.81 bits per heavy atom. The molecule has 0 N–H and O–H groups in total. The average Bonchev–Trinajstić information content (AvgIpc) is 2.46. The van der Waals surface area contributed by atoms with Crippen LogP contribution in [0.5, 0.6) is 0 Å². The summed E-state index contributed by atoms with van der Waals surface area (Å²) < 4.78 is 0. The van der Waals surface area contributed by atoms with E-state index in [1.807, 2.05) is 6.92 Å². The van der Waals surface area contributed by atoms with Crippen molar-refractivity contribution in [3.05, 3.63) is 12.2 Å². The highest BCUT2D eigenvalue weighted by Crippen LogP contribution is 2.64. The summed E-state index contributed by atoms with van der Waals surface area (Å²) in [6.07, 6.45) is 4.89. The van der Waals surface area contributed by atoms with Crippen molar-refractivity contribution in [3.63, 3.8) is 0 Å². The van der Waals surface area contributed by atoms with Gasteiger partial charge in [-0.1, -0.05) is 12.2 Å². The van der Waals surface area contributed by atoms with Gasteiger partial charge in [0.1, 0.15) is 11.6 Å². The quantitative estimate of drug-likeness (QED) is 0.586. The van der Waals surface area contributed by atoms with Gasteiger partial charge in [0.25, 0.3) is 0 Å². The van der Waals surface area contributed by atoms with Crippen LogP contribution < -0.4 is 0 Å². The van der Waals surface area contributed by atoms with E-state index < -0.39 is 0 Å². The van der Waals surface area contributed by atoms with Crippen LogP contribution in [0.2, 0.25) is 0 Å². The predicted molar refractivity (Wildman–Crippen MR) is 60.9 cm³/mol. The van der Waals surface area contributed by atoms with Crippen LogP contribution in [0.4, 0.5) is 0 Å². The molecule has 0 aliphatic heterocycles. The van der Waals surface area contributed by atoms with E-state index in [2.05, 4.69) is 6.58 Å². The molecular formula is C14H18O2. The van der Waals surface area contributed by atoms with Crippen molar-refractivity contribution in [2.45, 2.75) is 45.4 Å². The molecule has 3 saturated carbocycles. The van der Waals surface area contributed by atoms with Crippen LogP contribution >= 0.6 is 0 Å². The summed E-state index contributed by atoms with van der Waals surface area (Å²) in [5, 5.41) is 0. The summed E-state index contributed by atoms with van der Waals surface area (Å²) in [6.45, 7) is 6.06. The molecule has 0 aromatic carbocycles. The minimum absolute atomic E-state index is 0.196. The van der Waals surface area contributed by atoms with Gasteiger partial charge in [0.05, 0.1) is 0 Å². The van der Waals surface area contributed by atoms with Crippen LogP contribution in [0, 0.1) is 16.7 Å². The number of Topliss-reactive ketones (excluding diaryl/α,β-unsaturated/α-hetero) is 2. The number of hydrogen-bond donors (Lipinski definition) is 0. The Morgan fingerprint density at radius 2 is 2.06 bits per heavy atom. The Bertz CT molecular complexity index is 409.